The van der Waals surface area contributed by atoms with E-state index in [9.17, 15) is 14.4 Å². The predicted octanol–water partition coefficient (Wildman–Crippen LogP) is 15.3. The minimum absolute atomic E-state index is 0.129. The average Bonchev–Trinajstić information content (AvgIpc) is 3.83. The SMILES string of the molecule is C[C@@H](NC(=O)c1ccc(-c2ccc(-n3c(-c4ccccc4)c(-c4ccc(C(=O)N[C@H](C)c5ccccc5)cc4)c(-c4ccc(C(=O)N[C@H](C)c5ccccc5)cc4)c3-c3ccccc3)cc2)cc1)c1ccccc1. The highest BCUT2D eigenvalue weighted by molar-refractivity contribution is 6.04. The summed E-state index contributed by atoms with van der Waals surface area (Å²) < 4.78 is 2.34. The number of hydrogen-bond donors (Lipinski definition) is 3. The molecule has 0 saturated heterocycles. The first-order chi connectivity index (χ1) is 36.2. The number of nitrogens with one attached hydrogen (secondary N) is 3. The zero-order valence-corrected chi connectivity index (χ0v) is 41.6. The molecule has 0 unspecified atom stereocenters. The molecule has 0 fully saturated rings. The minimum atomic E-state index is -0.180. The molecule has 0 bridgehead atoms. The van der Waals surface area contributed by atoms with Crippen LogP contribution in [-0.4, -0.2) is 22.3 Å². The molecule has 0 aliphatic rings. The number of carbonyl (C=O) groups excluding carboxylic acids is 3. The van der Waals surface area contributed by atoms with Gasteiger partial charge < -0.3 is 20.5 Å². The Morgan fingerprint density at radius 1 is 0.297 bits per heavy atom. The smallest absolute Gasteiger partial charge is 0.251 e. The van der Waals surface area contributed by atoms with Crippen molar-refractivity contribution in [3.63, 3.8) is 0 Å². The van der Waals surface area contributed by atoms with Crippen LogP contribution in [0.3, 0.4) is 0 Å². The summed E-state index contributed by atoms with van der Waals surface area (Å²) in [6, 6.07) is 82.2. The lowest BCUT2D eigenvalue weighted by atomic mass is 9.90. The van der Waals surface area contributed by atoms with E-state index in [0.717, 1.165) is 78.3 Å². The molecule has 74 heavy (non-hydrogen) atoms. The zero-order valence-electron chi connectivity index (χ0n) is 41.6. The Morgan fingerprint density at radius 2 is 0.554 bits per heavy atom. The number of rotatable bonds is 15. The molecule has 3 N–H and O–H groups in total. The van der Waals surface area contributed by atoms with E-state index >= 15 is 0 Å². The van der Waals surface area contributed by atoms with Gasteiger partial charge in [0, 0.05) is 33.5 Å². The summed E-state index contributed by atoms with van der Waals surface area (Å²) in [6.07, 6.45) is 0. The molecule has 1 heterocycles. The summed E-state index contributed by atoms with van der Waals surface area (Å²) in [6.45, 7) is 5.97. The van der Waals surface area contributed by atoms with Gasteiger partial charge in [0.15, 0.2) is 0 Å². The first-order valence-electron chi connectivity index (χ1n) is 25.1. The van der Waals surface area contributed by atoms with Gasteiger partial charge in [0.2, 0.25) is 0 Å². The van der Waals surface area contributed by atoms with Gasteiger partial charge in [0.25, 0.3) is 17.7 Å². The van der Waals surface area contributed by atoms with Crippen molar-refractivity contribution < 1.29 is 14.4 Å². The van der Waals surface area contributed by atoms with Gasteiger partial charge in [-0.05, 0) is 119 Å². The fourth-order valence-corrected chi connectivity index (χ4v) is 9.64. The summed E-state index contributed by atoms with van der Waals surface area (Å²) >= 11 is 0. The Balaban J connectivity index is 1.08. The molecule has 0 saturated carbocycles. The Kier molecular flexibility index (Phi) is 14.3. The lowest BCUT2D eigenvalue weighted by molar-refractivity contribution is 0.0931. The predicted molar refractivity (Wildman–Crippen MR) is 300 cm³/mol. The third-order valence-electron chi connectivity index (χ3n) is 13.7. The Labute approximate surface area is 433 Å². The topological polar surface area (TPSA) is 92.2 Å². The molecule has 7 nitrogen and oxygen atoms in total. The molecule has 0 aliphatic heterocycles. The standard InChI is InChI=1S/C67H56N4O3/c1-45(48-19-9-4-10-20-48)68-65(72)57-35-29-51(30-36-57)52-41-43-60(44-42-52)71-63(55-25-15-7-16-26-55)61(53-31-37-58(38-32-53)66(73)69-46(2)49-21-11-5-12-22-49)62(64(71)56-27-17-8-18-28-56)54-33-39-59(40-34-54)67(74)70-47(3)50-23-13-6-14-24-50/h4-47H,1-3H3,(H,68,72)(H,69,73)(H,70,74)/t45-,46-,47-/m1/s1. The van der Waals surface area contributed by atoms with E-state index < -0.39 is 0 Å². The van der Waals surface area contributed by atoms with Crippen LogP contribution in [0, 0.1) is 0 Å². The molecule has 3 amide bonds. The normalized spacial score (nSPS) is 12.3. The van der Waals surface area contributed by atoms with E-state index in [2.05, 4.69) is 93.3 Å². The van der Waals surface area contributed by atoms with Gasteiger partial charge in [-0.1, -0.05) is 200 Å². The largest absolute Gasteiger partial charge is 0.346 e. The van der Waals surface area contributed by atoms with Gasteiger partial charge in [-0.3, -0.25) is 14.4 Å². The number of benzene rings is 9. The highest BCUT2D eigenvalue weighted by Gasteiger charge is 2.29. The highest BCUT2D eigenvalue weighted by atomic mass is 16.2. The summed E-state index contributed by atoms with van der Waals surface area (Å²) in [4.78, 5) is 41.0. The Hall–Kier alpha value is -9.33. The van der Waals surface area contributed by atoms with Crippen LogP contribution in [0.25, 0.3) is 61.6 Å². The lowest BCUT2D eigenvalue weighted by Gasteiger charge is -2.17. The van der Waals surface area contributed by atoms with E-state index in [-0.39, 0.29) is 35.8 Å². The summed E-state index contributed by atoms with van der Waals surface area (Å²) in [5.74, 6) is -0.453. The molecule has 362 valence electrons. The highest BCUT2D eigenvalue weighted by Crippen LogP contribution is 2.50. The molecular formula is C67H56N4O3. The van der Waals surface area contributed by atoms with Crippen molar-refractivity contribution >= 4 is 17.7 Å². The molecule has 10 rings (SSSR count). The third kappa shape index (κ3) is 10.5. The molecule has 7 heteroatoms. The zero-order chi connectivity index (χ0) is 51.0. The van der Waals surface area contributed by atoms with Crippen LogP contribution in [0.1, 0.15) is 86.7 Å². The fourth-order valence-electron chi connectivity index (χ4n) is 9.64. The monoisotopic (exact) mass is 964 g/mol. The van der Waals surface area contributed by atoms with E-state index in [1.807, 2.05) is 197 Å². The number of hydrogen-bond acceptors (Lipinski definition) is 3. The number of aromatic nitrogens is 1. The van der Waals surface area contributed by atoms with Gasteiger partial charge >= 0.3 is 0 Å². The number of nitrogens with zero attached hydrogens (tertiary/aromatic N) is 1. The van der Waals surface area contributed by atoms with Crippen molar-refractivity contribution in [2.75, 3.05) is 0 Å². The second-order valence-corrected chi connectivity index (χ2v) is 18.6. The summed E-state index contributed by atoms with van der Waals surface area (Å²) in [5, 5.41) is 9.49. The van der Waals surface area contributed by atoms with Crippen molar-refractivity contribution in [1.29, 1.82) is 0 Å². The third-order valence-corrected chi connectivity index (χ3v) is 13.7. The first-order valence-corrected chi connectivity index (χ1v) is 25.1. The molecule has 0 radical (unpaired) electrons. The van der Waals surface area contributed by atoms with Crippen molar-refractivity contribution in [1.82, 2.24) is 20.5 Å². The second-order valence-electron chi connectivity index (χ2n) is 18.6. The van der Waals surface area contributed by atoms with Gasteiger partial charge in [-0.15, -0.1) is 0 Å². The van der Waals surface area contributed by atoms with Crippen LogP contribution in [0.4, 0.5) is 0 Å². The Morgan fingerprint density at radius 3 is 0.851 bits per heavy atom. The van der Waals surface area contributed by atoms with Crippen LogP contribution in [-0.2, 0) is 0 Å². The summed E-state index contributed by atoms with van der Waals surface area (Å²) in [5.41, 5.74) is 15.4. The lowest BCUT2D eigenvalue weighted by Crippen LogP contribution is -2.26. The minimum Gasteiger partial charge on any atom is -0.346 e. The van der Waals surface area contributed by atoms with Crippen molar-refractivity contribution in [2.45, 2.75) is 38.9 Å². The van der Waals surface area contributed by atoms with Crippen LogP contribution in [0.2, 0.25) is 0 Å². The summed E-state index contributed by atoms with van der Waals surface area (Å²) in [7, 11) is 0. The average molecular weight is 965 g/mol. The molecule has 3 atom stereocenters. The van der Waals surface area contributed by atoms with E-state index in [4.69, 9.17) is 0 Å². The van der Waals surface area contributed by atoms with Crippen LogP contribution >= 0.6 is 0 Å². The second kappa shape index (κ2) is 22.0. The fraction of sp³-hybridized carbons (Fsp3) is 0.0896. The van der Waals surface area contributed by atoms with E-state index in [1.54, 1.807) is 0 Å². The van der Waals surface area contributed by atoms with Gasteiger partial charge in [-0.2, -0.15) is 0 Å². The molecule has 0 spiro atoms. The molecule has 9 aromatic carbocycles. The Bertz CT molecular complexity index is 3340. The quantitative estimate of drug-likeness (QED) is 0.0956. The molecular weight excluding hydrogens is 909 g/mol. The number of carbonyl (C=O) groups is 3. The van der Waals surface area contributed by atoms with Crippen molar-refractivity contribution in [2.24, 2.45) is 0 Å². The van der Waals surface area contributed by atoms with E-state index in [1.165, 1.54) is 0 Å². The maximum atomic E-state index is 13.8. The van der Waals surface area contributed by atoms with Crippen LogP contribution in [0.15, 0.2) is 249 Å². The molecule has 10 aromatic rings. The first kappa shape index (κ1) is 48.3. The van der Waals surface area contributed by atoms with Gasteiger partial charge in [0.05, 0.1) is 29.5 Å². The maximum Gasteiger partial charge on any atom is 0.251 e. The maximum absolute atomic E-state index is 13.8. The van der Waals surface area contributed by atoms with Crippen molar-refractivity contribution in [3.8, 4) is 61.6 Å². The van der Waals surface area contributed by atoms with Crippen LogP contribution < -0.4 is 16.0 Å². The molecule has 0 aliphatic carbocycles. The van der Waals surface area contributed by atoms with Gasteiger partial charge in [0.1, 0.15) is 0 Å². The van der Waals surface area contributed by atoms with Gasteiger partial charge in [-0.25, -0.2) is 0 Å². The van der Waals surface area contributed by atoms with Crippen molar-refractivity contribution in [3.05, 3.63) is 282 Å². The van der Waals surface area contributed by atoms with E-state index in [0.29, 0.717) is 16.7 Å². The van der Waals surface area contributed by atoms with Crippen LogP contribution in [0.5, 0.6) is 0 Å². The number of amides is 3. The molecule has 1 aromatic heterocycles.